The van der Waals surface area contributed by atoms with Gasteiger partial charge in [-0.25, -0.2) is 13.6 Å². The molecule has 0 aliphatic heterocycles. The molecule has 6 nitrogen and oxygen atoms in total. The number of anilines is 1. The number of thiophene rings is 1. The average molecular weight is 429 g/mol. The topological polar surface area (TPSA) is 88.8 Å². The van der Waals surface area contributed by atoms with E-state index in [4.69, 9.17) is 9.15 Å². The summed E-state index contributed by atoms with van der Waals surface area (Å²) < 4.78 is 38.7. The molecule has 2 N–H and O–H groups in total. The molecule has 0 spiro atoms. The number of fused-ring (bicyclic) bond motifs is 1. The van der Waals surface area contributed by atoms with Crippen LogP contribution < -0.4 is 10.1 Å². The van der Waals surface area contributed by atoms with Gasteiger partial charge in [0.25, 0.3) is 5.91 Å². The van der Waals surface area contributed by atoms with Crippen LogP contribution in [0, 0.1) is 11.6 Å². The predicted octanol–water partition coefficient (Wildman–Crippen LogP) is 5.40. The summed E-state index contributed by atoms with van der Waals surface area (Å²) in [5, 5.41) is 14.2. The largest absolute Gasteiger partial charge is 0.494 e. The monoisotopic (exact) mass is 429 g/mol. The molecule has 4 aromatic rings. The van der Waals surface area contributed by atoms with Crippen LogP contribution in [-0.4, -0.2) is 24.1 Å². The van der Waals surface area contributed by atoms with Crippen molar-refractivity contribution in [1.82, 2.24) is 0 Å². The summed E-state index contributed by atoms with van der Waals surface area (Å²) in [6.45, 7) is 0. The van der Waals surface area contributed by atoms with E-state index in [0.29, 0.717) is 11.0 Å². The molecule has 152 valence electrons. The lowest BCUT2D eigenvalue weighted by Crippen LogP contribution is -2.13. The molecule has 0 aliphatic carbocycles. The van der Waals surface area contributed by atoms with Crippen molar-refractivity contribution in [3.05, 3.63) is 70.8 Å². The highest BCUT2D eigenvalue weighted by atomic mass is 32.1. The molecule has 1 amide bonds. The number of ether oxygens (including phenoxy) is 1. The summed E-state index contributed by atoms with van der Waals surface area (Å²) in [6, 6.07) is 10.2. The maximum Gasteiger partial charge on any atom is 0.339 e. The zero-order chi connectivity index (χ0) is 21.4. The number of furan rings is 1. The number of amides is 1. The van der Waals surface area contributed by atoms with Gasteiger partial charge < -0.3 is 19.6 Å². The molecule has 9 heteroatoms. The fourth-order valence-electron chi connectivity index (χ4n) is 3.00. The molecule has 0 unspecified atom stereocenters. The summed E-state index contributed by atoms with van der Waals surface area (Å²) in [6.07, 6.45) is 0. The smallest absolute Gasteiger partial charge is 0.339 e. The van der Waals surface area contributed by atoms with Crippen LogP contribution in [0.3, 0.4) is 0 Å². The Labute approximate surface area is 172 Å². The zero-order valence-corrected chi connectivity index (χ0v) is 16.2. The molecule has 0 saturated carbocycles. The number of carbonyl (C=O) groups excluding carboxylic acids is 1. The molecule has 30 heavy (non-hydrogen) atoms. The summed E-state index contributed by atoms with van der Waals surface area (Å²) in [5.74, 6) is -4.08. The zero-order valence-electron chi connectivity index (χ0n) is 15.4. The van der Waals surface area contributed by atoms with Gasteiger partial charge >= 0.3 is 5.97 Å². The molecule has 2 heterocycles. The van der Waals surface area contributed by atoms with E-state index in [-0.39, 0.29) is 33.2 Å². The second-order valence-corrected chi connectivity index (χ2v) is 7.11. The number of carboxylic acid groups (broad SMARTS) is 1. The summed E-state index contributed by atoms with van der Waals surface area (Å²) in [7, 11) is 1.19. The van der Waals surface area contributed by atoms with Crippen LogP contribution >= 0.6 is 11.3 Å². The van der Waals surface area contributed by atoms with Gasteiger partial charge in [-0.15, -0.1) is 11.3 Å². The van der Waals surface area contributed by atoms with E-state index in [1.54, 1.807) is 24.3 Å². The molecule has 2 aromatic heterocycles. The summed E-state index contributed by atoms with van der Waals surface area (Å²) >= 11 is 0.862. The number of nitrogens with one attached hydrogen (secondary N) is 1. The molecule has 0 atom stereocenters. The first-order chi connectivity index (χ1) is 14.4. The number of hydrogen-bond donors (Lipinski definition) is 2. The van der Waals surface area contributed by atoms with E-state index in [2.05, 4.69) is 5.32 Å². The highest BCUT2D eigenvalue weighted by Crippen LogP contribution is 2.39. The second kappa shape index (κ2) is 7.60. The van der Waals surface area contributed by atoms with Crippen LogP contribution in [0.15, 0.2) is 52.3 Å². The van der Waals surface area contributed by atoms with Crippen LogP contribution in [-0.2, 0) is 0 Å². The highest BCUT2D eigenvalue weighted by Gasteiger charge is 2.25. The van der Waals surface area contributed by atoms with Crippen molar-refractivity contribution in [2.45, 2.75) is 0 Å². The fraction of sp³-hybridized carbons (Fsp3) is 0.0476. The van der Waals surface area contributed by atoms with Gasteiger partial charge in [0.1, 0.15) is 17.0 Å². The third-order valence-electron chi connectivity index (χ3n) is 4.39. The number of para-hydroxylation sites is 1. The Kier molecular flexibility index (Phi) is 4.96. The molecular weight excluding hydrogens is 416 g/mol. The summed E-state index contributed by atoms with van der Waals surface area (Å²) in [5.41, 5.74) is -0.153. The quantitative estimate of drug-likeness (QED) is 0.444. The Bertz CT molecular complexity index is 1260. The lowest BCUT2D eigenvalue weighted by atomic mass is 10.1. The Morgan fingerprint density at radius 3 is 2.60 bits per heavy atom. The number of hydrogen-bond acceptors (Lipinski definition) is 5. The van der Waals surface area contributed by atoms with Crippen molar-refractivity contribution in [1.29, 1.82) is 0 Å². The number of carboxylic acids is 1. The molecule has 0 fully saturated rings. The van der Waals surface area contributed by atoms with Gasteiger partial charge in [0.15, 0.2) is 17.3 Å². The molecule has 0 aliphatic rings. The maximum absolute atomic E-state index is 14.5. The Morgan fingerprint density at radius 1 is 1.13 bits per heavy atom. The van der Waals surface area contributed by atoms with Crippen molar-refractivity contribution in [2.24, 2.45) is 0 Å². The van der Waals surface area contributed by atoms with Crippen molar-refractivity contribution in [3.8, 4) is 16.2 Å². The van der Waals surface area contributed by atoms with Crippen molar-refractivity contribution in [2.75, 3.05) is 12.4 Å². The number of aromatic carboxylic acids is 1. The van der Waals surface area contributed by atoms with E-state index >= 15 is 0 Å². The lowest BCUT2D eigenvalue weighted by molar-refractivity contribution is 0.0699. The van der Waals surface area contributed by atoms with E-state index in [9.17, 15) is 23.5 Å². The minimum absolute atomic E-state index is 0.0121. The predicted molar refractivity (Wildman–Crippen MR) is 107 cm³/mol. The fourth-order valence-corrected chi connectivity index (χ4v) is 4.01. The van der Waals surface area contributed by atoms with Gasteiger partial charge in [-0.1, -0.05) is 18.2 Å². The van der Waals surface area contributed by atoms with Gasteiger partial charge in [-0.2, -0.15) is 0 Å². The number of carbonyl (C=O) groups is 2. The molecule has 2 aromatic carbocycles. The van der Waals surface area contributed by atoms with E-state index < -0.39 is 23.5 Å². The van der Waals surface area contributed by atoms with Crippen LogP contribution in [0.5, 0.6) is 5.75 Å². The first-order valence-corrected chi connectivity index (χ1v) is 9.45. The maximum atomic E-state index is 14.5. The summed E-state index contributed by atoms with van der Waals surface area (Å²) in [4.78, 5) is 24.4. The third-order valence-corrected chi connectivity index (χ3v) is 5.40. The highest BCUT2D eigenvalue weighted by molar-refractivity contribution is 7.14. The molecule has 0 radical (unpaired) electrons. The van der Waals surface area contributed by atoms with Crippen molar-refractivity contribution < 1.29 is 32.6 Å². The standard InChI is InChI=1S/C21H13F2NO5S/c1-28-16-8-12(22)11(7-13(16)23)19-18(21(26)27)14(9-30-19)24-20(25)17-6-10-4-2-3-5-15(10)29-17/h2-9H,1H3,(H,24,25)(H,26,27). The Balaban J connectivity index is 1.72. The van der Waals surface area contributed by atoms with E-state index in [0.717, 1.165) is 23.5 Å². The Morgan fingerprint density at radius 2 is 1.90 bits per heavy atom. The van der Waals surface area contributed by atoms with Gasteiger partial charge in [0, 0.05) is 22.4 Å². The van der Waals surface area contributed by atoms with Gasteiger partial charge in [0.05, 0.1) is 17.7 Å². The SMILES string of the molecule is COc1cc(F)c(-c2scc(NC(=O)c3cc4ccccc4o3)c2C(=O)O)cc1F. The number of rotatable bonds is 5. The van der Waals surface area contributed by atoms with Crippen molar-refractivity contribution in [3.63, 3.8) is 0 Å². The van der Waals surface area contributed by atoms with Crippen LogP contribution in [0.2, 0.25) is 0 Å². The first-order valence-electron chi connectivity index (χ1n) is 8.57. The minimum atomic E-state index is -1.40. The number of benzene rings is 2. The van der Waals surface area contributed by atoms with Gasteiger partial charge in [0.2, 0.25) is 0 Å². The average Bonchev–Trinajstić information content (AvgIpc) is 3.33. The molecule has 4 rings (SSSR count). The van der Waals surface area contributed by atoms with E-state index in [1.165, 1.54) is 18.6 Å². The molecule has 0 bridgehead atoms. The van der Waals surface area contributed by atoms with Crippen LogP contribution in [0.25, 0.3) is 21.4 Å². The molecule has 0 saturated heterocycles. The van der Waals surface area contributed by atoms with Crippen molar-refractivity contribution >= 4 is 39.9 Å². The van der Waals surface area contributed by atoms with Crippen LogP contribution in [0.4, 0.5) is 14.5 Å². The second-order valence-electron chi connectivity index (χ2n) is 6.23. The van der Waals surface area contributed by atoms with E-state index in [1.807, 2.05) is 0 Å². The minimum Gasteiger partial charge on any atom is -0.494 e. The first kappa shape index (κ1) is 19.6. The van der Waals surface area contributed by atoms with Gasteiger partial charge in [-0.05, 0) is 18.2 Å². The number of methoxy groups -OCH3 is 1. The lowest BCUT2D eigenvalue weighted by Gasteiger charge is -2.08. The third kappa shape index (κ3) is 3.39. The normalized spacial score (nSPS) is 10.9. The Hall–Kier alpha value is -3.72. The van der Waals surface area contributed by atoms with Gasteiger partial charge in [-0.3, -0.25) is 4.79 Å². The van der Waals surface area contributed by atoms with Crippen LogP contribution in [0.1, 0.15) is 20.9 Å². The number of halogens is 2. The molecular formula is C21H13F2NO5S.